The van der Waals surface area contributed by atoms with Gasteiger partial charge in [-0.1, -0.05) is 29.3 Å². The lowest BCUT2D eigenvalue weighted by Gasteiger charge is -2.29. The Kier molecular flexibility index (Phi) is 9.43. The first-order valence-corrected chi connectivity index (χ1v) is 12.4. The minimum atomic E-state index is -3.57. The van der Waals surface area contributed by atoms with Gasteiger partial charge in [0.25, 0.3) is 0 Å². The quantitative estimate of drug-likeness (QED) is 0.350. The standard InChI is InChI=1S/C27H25Cl2F2N5O3/c1-26(2,3)39-25(38)36(16-27(30,31)22-6-4-5-11-33-22)23-10-7-17(14-32)21(35-23)13-24(37)34-15-18-12-19(28)8-9-20(18)29/h4-12H,13,15-16H2,1-3H3,(H,34,37). The van der Waals surface area contributed by atoms with Crippen molar-refractivity contribution in [2.24, 2.45) is 0 Å². The van der Waals surface area contributed by atoms with Crippen molar-refractivity contribution in [3.8, 4) is 6.07 Å². The lowest BCUT2D eigenvalue weighted by atomic mass is 10.1. The maximum atomic E-state index is 15.2. The molecule has 3 aromatic rings. The molecule has 12 heteroatoms. The van der Waals surface area contributed by atoms with Crippen LogP contribution >= 0.6 is 23.2 Å². The number of anilines is 1. The molecule has 0 fully saturated rings. The number of benzene rings is 1. The summed E-state index contributed by atoms with van der Waals surface area (Å²) in [6, 6.07) is 13.3. The third-order valence-corrected chi connectivity index (χ3v) is 5.78. The van der Waals surface area contributed by atoms with E-state index in [-0.39, 0.29) is 30.0 Å². The molecule has 0 aliphatic carbocycles. The van der Waals surface area contributed by atoms with Gasteiger partial charge in [0.15, 0.2) is 0 Å². The Balaban J connectivity index is 1.89. The van der Waals surface area contributed by atoms with E-state index in [9.17, 15) is 14.9 Å². The van der Waals surface area contributed by atoms with Gasteiger partial charge in [0, 0.05) is 22.8 Å². The summed E-state index contributed by atoms with van der Waals surface area (Å²) in [6.45, 7) is 3.69. The third kappa shape index (κ3) is 8.34. The maximum absolute atomic E-state index is 15.2. The summed E-state index contributed by atoms with van der Waals surface area (Å²) in [5.74, 6) is -4.31. The lowest BCUT2D eigenvalue weighted by molar-refractivity contribution is -0.120. The Morgan fingerprint density at radius 2 is 1.87 bits per heavy atom. The Labute approximate surface area is 234 Å². The van der Waals surface area contributed by atoms with Crippen LogP contribution < -0.4 is 10.2 Å². The molecule has 2 amide bonds. The fourth-order valence-corrected chi connectivity index (χ4v) is 3.76. The third-order valence-electron chi connectivity index (χ3n) is 5.18. The molecule has 204 valence electrons. The van der Waals surface area contributed by atoms with Crippen LogP contribution in [0.25, 0.3) is 0 Å². The summed E-state index contributed by atoms with van der Waals surface area (Å²) in [5.41, 5.74) is -0.944. The van der Waals surface area contributed by atoms with Crippen molar-refractivity contribution in [2.45, 2.75) is 45.3 Å². The topological polar surface area (TPSA) is 108 Å². The van der Waals surface area contributed by atoms with Crippen molar-refractivity contribution in [3.63, 3.8) is 0 Å². The molecule has 1 aromatic carbocycles. The average molecular weight is 576 g/mol. The number of aromatic nitrogens is 2. The number of alkyl halides is 2. The van der Waals surface area contributed by atoms with Gasteiger partial charge in [-0.15, -0.1) is 0 Å². The van der Waals surface area contributed by atoms with E-state index in [2.05, 4.69) is 15.3 Å². The second-order valence-corrected chi connectivity index (χ2v) is 10.3. The normalized spacial score (nSPS) is 11.4. The molecule has 39 heavy (non-hydrogen) atoms. The zero-order valence-electron chi connectivity index (χ0n) is 21.3. The minimum Gasteiger partial charge on any atom is -0.443 e. The molecular formula is C27H25Cl2F2N5O3. The number of pyridine rings is 2. The number of carbonyl (C=O) groups excluding carboxylic acids is 2. The molecule has 2 aromatic heterocycles. The lowest BCUT2D eigenvalue weighted by Crippen LogP contribution is -2.43. The highest BCUT2D eigenvalue weighted by atomic mass is 35.5. The Bertz CT molecular complexity index is 1390. The first kappa shape index (κ1) is 29.7. The number of amides is 2. The van der Waals surface area contributed by atoms with E-state index in [0.717, 1.165) is 6.07 Å². The highest BCUT2D eigenvalue weighted by Crippen LogP contribution is 2.30. The summed E-state index contributed by atoms with van der Waals surface area (Å²) in [5, 5.41) is 13.1. The molecule has 0 atom stereocenters. The SMILES string of the molecule is CC(C)(C)OC(=O)N(CC(F)(F)c1ccccn1)c1ccc(C#N)c(CC(=O)NCc2cc(Cl)ccc2Cl)n1. The van der Waals surface area contributed by atoms with Gasteiger partial charge in [-0.05, 0) is 68.8 Å². The summed E-state index contributed by atoms with van der Waals surface area (Å²) in [4.78, 5) is 34.3. The molecule has 0 spiro atoms. The minimum absolute atomic E-state index is 0.0144. The Morgan fingerprint density at radius 1 is 1.13 bits per heavy atom. The predicted octanol–water partition coefficient (Wildman–Crippen LogP) is 6.05. The second-order valence-electron chi connectivity index (χ2n) is 9.45. The molecule has 1 N–H and O–H groups in total. The van der Waals surface area contributed by atoms with Gasteiger partial charge in [0.1, 0.15) is 29.7 Å². The van der Waals surface area contributed by atoms with Crippen LogP contribution in [-0.2, 0) is 28.4 Å². The summed E-state index contributed by atoms with van der Waals surface area (Å²) in [7, 11) is 0. The van der Waals surface area contributed by atoms with Crippen LogP contribution in [0.2, 0.25) is 10.0 Å². The maximum Gasteiger partial charge on any atom is 0.416 e. The van der Waals surface area contributed by atoms with Crippen molar-refractivity contribution in [1.29, 1.82) is 5.26 Å². The van der Waals surface area contributed by atoms with Crippen molar-refractivity contribution in [2.75, 3.05) is 11.4 Å². The van der Waals surface area contributed by atoms with Crippen molar-refractivity contribution >= 4 is 41.0 Å². The molecule has 0 radical (unpaired) electrons. The van der Waals surface area contributed by atoms with Crippen LogP contribution in [0.3, 0.4) is 0 Å². The molecule has 0 aliphatic heterocycles. The number of nitrogens with zero attached hydrogens (tertiary/aromatic N) is 4. The fraction of sp³-hybridized carbons (Fsp3) is 0.296. The number of hydrogen-bond acceptors (Lipinski definition) is 6. The highest BCUT2D eigenvalue weighted by Gasteiger charge is 2.39. The van der Waals surface area contributed by atoms with Crippen LogP contribution in [0.4, 0.5) is 19.4 Å². The monoisotopic (exact) mass is 575 g/mol. The summed E-state index contributed by atoms with van der Waals surface area (Å²) in [6.07, 6.45) is -0.233. The van der Waals surface area contributed by atoms with Gasteiger partial charge in [-0.25, -0.2) is 9.78 Å². The number of carbonyl (C=O) groups is 2. The van der Waals surface area contributed by atoms with Gasteiger partial charge >= 0.3 is 12.0 Å². The first-order chi connectivity index (χ1) is 18.3. The van der Waals surface area contributed by atoms with E-state index in [4.69, 9.17) is 27.9 Å². The second kappa shape index (κ2) is 12.4. The molecule has 0 unspecified atom stereocenters. The number of rotatable bonds is 8. The molecular weight excluding hydrogens is 551 g/mol. The molecule has 3 rings (SSSR count). The van der Waals surface area contributed by atoms with E-state index >= 15 is 8.78 Å². The molecule has 0 saturated heterocycles. The zero-order chi connectivity index (χ0) is 28.8. The van der Waals surface area contributed by atoms with Gasteiger partial charge in [-0.3, -0.25) is 14.7 Å². The van der Waals surface area contributed by atoms with Crippen LogP contribution in [-0.4, -0.2) is 34.1 Å². The molecule has 0 saturated carbocycles. The molecule has 0 bridgehead atoms. The van der Waals surface area contributed by atoms with Gasteiger partial charge in [0.05, 0.1) is 17.7 Å². The highest BCUT2D eigenvalue weighted by molar-refractivity contribution is 6.33. The van der Waals surface area contributed by atoms with E-state index < -0.39 is 35.8 Å². The zero-order valence-corrected chi connectivity index (χ0v) is 22.9. The number of halogens is 4. The Hall–Kier alpha value is -3.81. The van der Waals surface area contributed by atoms with Gasteiger partial charge in [0.2, 0.25) is 5.91 Å². The largest absolute Gasteiger partial charge is 0.443 e. The molecule has 8 nitrogen and oxygen atoms in total. The number of hydrogen-bond donors (Lipinski definition) is 1. The van der Waals surface area contributed by atoms with Crippen molar-refractivity contribution in [3.05, 3.63) is 87.3 Å². The van der Waals surface area contributed by atoms with E-state index in [0.29, 0.717) is 20.5 Å². The van der Waals surface area contributed by atoms with Crippen molar-refractivity contribution in [1.82, 2.24) is 15.3 Å². The van der Waals surface area contributed by atoms with E-state index in [1.54, 1.807) is 39.0 Å². The van der Waals surface area contributed by atoms with Crippen LogP contribution in [0.1, 0.15) is 43.3 Å². The van der Waals surface area contributed by atoms with Crippen LogP contribution in [0.5, 0.6) is 0 Å². The van der Waals surface area contributed by atoms with Gasteiger partial charge < -0.3 is 10.1 Å². The fourth-order valence-electron chi connectivity index (χ4n) is 3.38. The van der Waals surface area contributed by atoms with E-state index in [1.807, 2.05) is 6.07 Å². The van der Waals surface area contributed by atoms with Crippen LogP contribution in [0, 0.1) is 11.3 Å². The molecule has 2 heterocycles. The van der Waals surface area contributed by atoms with Gasteiger partial charge in [-0.2, -0.15) is 14.0 Å². The summed E-state index contributed by atoms with van der Waals surface area (Å²) < 4.78 is 35.7. The number of nitriles is 1. The number of nitrogens with one attached hydrogen (secondary N) is 1. The summed E-state index contributed by atoms with van der Waals surface area (Å²) >= 11 is 12.1. The molecule has 0 aliphatic rings. The van der Waals surface area contributed by atoms with Crippen LogP contribution in [0.15, 0.2) is 54.7 Å². The average Bonchev–Trinajstić information content (AvgIpc) is 2.87. The predicted molar refractivity (Wildman–Crippen MR) is 143 cm³/mol. The Morgan fingerprint density at radius 3 is 2.51 bits per heavy atom. The van der Waals surface area contributed by atoms with Crippen molar-refractivity contribution < 1.29 is 23.1 Å². The smallest absolute Gasteiger partial charge is 0.416 e. The van der Waals surface area contributed by atoms with E-state index in [1.165, 1.54) is 30.5 Å². The number of ether oxygens (including phenoxy) is 1. The first-order valence-electron chi connectivity index (χ1n) is 11.7.